The van der Waals surface area contributed by atoms with Gasteiger partial charge in [0, 0.05) is 6.54 Å². The molecule has 0 fully saturated rings. The Kier molecular flexibility index (Phi) is 3.81. The number of tetrazole rings is 1. The fourth-order valence-corrected chi connectivity index (χ4v) is 1.69. The lowest BCUT2D eigenvalue weighted by atomic mass is 10.2. The molecular formula is C10H11Cl2N5. The minimum atomic E-state index is 0.475. The number of anilines is 1. The molecule has 0 amide bonds. The van der Waals surface area contributed by atoms with E-state index in [1.54, 1.807) is 6.07 Å². The van der Waals surface area contributed by atoms with Crippen LogP contribution in [0.2, 0.25) is 10.0 Å². The molecule has 0 atom stereocenters. The average molecular weight is 272 g/mol. The van der Waals surface area contributed by atoms with E-state index in [4.69, 9.17) is 23.2 Å². The number of nitrogens with zero attached hydrogens (tertiary/aromatic N) is 4. The lowest BCUT2D eigenvalue weighted by molar-refractivity contribution is 0.552. The molecule has 5 nitrogen and oxygen atoms in total. The molecule has 7 heteroatoms. The largest absolute Gasteiger partial charge is 0.347 e. The first-order valence-corrected chi connectivity index (χ1v) is 5.91. The summed E-state index contributed by atoms with van der Waals surface area (Å²) < 4.78 is 0. The normalized spacial score (nSPS) is 10.5. The van der Waals surface area contributed by atoms with Gasteiger partial charge in [0.05, 0.1) is 16.6 Å². The van der Waals surface area contributed by atoms with Crippen LogP contribution in [-0.2, 0) is 13.1 Å². The van der Waals surface area contributed by atoms with E-state index < -0.39 is 0 Å². The van der Waals surface area contributed by atoms with Gasteiger partial charge in [-0.15, -0.1) is 5.10 Å². The molecule has 0 aliphatic carbocycles. The summed E-state index contributed by atoms with van der Waals surface area (Å²) in [6.07, 6.45) is 0. The smallest absolute Gasteiger partial charge is 0.263 e. The van der Waals surface area contributed by atoms with Crippen molar-refractivity contribution in [2.45, 2.75) is 20.0 Å². The molecule has 1 aromatic carbocycles. The van der Waals surface area contributed by atoms with Crippen LogP contribution < -0.4 is 5.32 Å². The lowest BCUT2D eigenvalue weighted by Gasteiger charge is -2.05. The summed E-state index contributed by atoms with van der Waals surface area (Å²) in [5.74, 6) is 0.475. The van der Waals surface area contributed by atoms with Crippen LogP contribution in [0.1, 0.15) is 12.5 Å². The molecule has 0 saturated carbocycles. The van der Waals surface area contributed by atoms with E-state index in [0.29, 0.717) is 29.1 Å². The summed E-state index contributed by atoms with van der Waals surface area (Å²) in [7, 11) is 0. The standard InChI is InChI=1S/C10H11Cl2N5/c1-2-17-15-10(14-16-17)13-6-7-4-3-5-8(11)9(7)12/h3-5H,2,6H2,1H3,(H,13,15). The van der Waals surface area contributed by atoms with Crippen molar-refractivity contribution in [1.29, 1.82) is 0 Å². The van der Waals surface area contributed by atoms with E-state index >= 15 is 0 Å². The number of aryl methyl sites for hydroxylation is 1. The number of benzene rings is 1. The van der Waals surface area contributed by atoms with E-state index in [9.17, 15) is 0 Å². The third-order valence-electron chi connectivity index (χ3n) is 2.20. The van der Waals surface area contributed by atoms with Crippen molar-refractivity contribution in [2.24, 2.45) is 0 Å². The molecule has 17 heavy (non-hydrogen) atoms. The maximum absolute atomic E-state index is 6.06. The zero-order chi connectivity index (χ0) is 12.3. The summed E-state index contributed by atoms with van der Waals surface area (Å²) in [6.45, 7) is 3.14. The Morgan fingerprint density at radius 3 is 2.88 bits per heavy atom. The van der Waals surface area contributed by atoms with E-state index in [0.717, 1.165) is 5.56 Å². The molecule has 0 spiro atoms. The van der Waals surface area contributed by atoms with Gasteiger partial charge in [-0.1, -0.05) is 40.4 Å². The predicted octanol–water partition coefficient (Wildman–Crippen LogP) is 2.61. The van der Waals surface area contributed by atoms with Gasteiger partial charge < -0.3 is 5.32 Å². The molecule has 2 aromatic rings. The Hall–Kier alpha value is -1.33. The van der Waals surface area contributed by atoms with Crippen LogP contribution >= 0.6 is 23.2 Å². The van der Waals surface area contributed by atoms with Crippen molar-refractivity contribution >= 4 is 29.2 Å². The Morgan fingerprint density at radius 1 is 1.35 bits per heavy atom. The highest BCUT2D eigenvalue weighted by Gasteiger charge is 2.05. The minimum Gasteiger partial charge on any atom is -0.347 e. The molecule has 0 unspecified atom stereocenters. The Balaban J connectivity index is 2.04. The predicted molar refractivity (Wildman–Crippen MR) is 67.3 cm³/mol. The van der Waals surface area contributed by atoms with Crippen molar-refractivity contribution in [2.75, 3.05) is 5.32 Å². The van der Waals surface area contributed by atoms with Crippen LogP contribution in [0, 0.1) is 0 Å². The molecule has 1 aromatic heterocycles. The molecule has 0 aliphatic heterocycles. The van der Waals surface area contributed by atoms with Gasteiger partial charge in [-0.2, -0.15) is 4.80 Å². The Labute approximate surface area is 109 Å². The van der Waals surface area contributed by atoms with Crippen LogP contribution in [0.3, 0.4) is 0 Å². The van der Waals surface area contributed by atoms with Gasteiger partial charge >= 0.3 is 0 Å². The van der Waals surface area contributed by atoms with Crippen molar-refractivity contribution < 1.29 is 0 Å². The summed E-state index contributed by atoms with van der Waals surface area (Å²) in [4.78, 5) is 1.50. The molecule has 2 rings (SSSR count). The second kappa shape index (κ2) is 5.33. The number of halogens is 2. The number of rotatable bonds is 4. The fraction of sp³-hybridized carbons (Fsp3) is 0.300. The summed E-state index contributed by atoms with van der Waals surface area (Å²) in [5, 5.41) is 15.9. The van der Waals surface area contributed by atoms with Crippen LogP contribution in [0.15, 0.2) is 18.2 Å². The van der Waals surface area contributed by atoms with Crippen molar-refractivity contribution in [3.8, 4) is 0 Å². The van der Waals surface area contributed by atoms with Crippen molar-refractivity contribution in [3.63, 3.8) is 0 Å². The zero-order valence-corrected chi connectivity index (χ0v) is 10.7. The van der Waals surface area contributed by atoms with Crippen molar-refractivity contribution in [1.82, 2.24) is 20.2 Å². The molecular weight excluding hydrogens is 261 g/mol. The van der Waals surface area contributed by atoms with Gasteiger partial charge in [-0.05, 0) is 23.8 Å². The quantitative estimate of drug-likeness (QED) is 0.929. The third kappa shape index (κ3) is 2.87. The number of hydrogen-bond donors (Lipinski definition) is 1. The highest BCUT2D eigenvalue weighted by molar-refractivity contribution is 6.42. The summed E-state index contributed by atoms with van der Waals surface area (Å²) in [6, 6.07) is 5.49. The molecule has 0 aliphatic rings. The molecule has 1 N–H and O–H groups in total. The van der Waals surface area contributed by atoms with Gasteiger partial charge in [0.2, 0.25) is 0 Å². The number of hydrogen-bond acceptors (Lipinski definition) is 4. The molecule has 0 bridgehead atoms. The van der Waals surface area contributed by atoms with Gasteiger partial charge in [-0.25, -0.2) is 0 Å². The van der Waals surface area contributed by atoms with E-state index in [1.165, 1.54) is 4.80 Å². The average Bonchev–Trinajstić information content (AvgIpc) is 2.79. The Bertz CT molecular complexity index is 511. The zero-order valence-electron chi connectivity index (χ0n) is 9.19. The topological polar surface area (TPSA) is 55.6 Å². The van der Waals surface area contributed by atoms with Gasteiger partial charge in [-0.3, -0.25) is 0 Å². The highest BCUT2D eigenvalue weighted by Crippen LogP contribution is 2.25. The molecule has 90 valence electrons. The maximum atomic E-state index is 6.06. The monoisotopic (exact) mass is 271 g/mol. The van der Waals surface area contributed by atoms with Crippen LogP contribution in [0.4, 0.5) is 5.95 Å². The van der Waals surface area contributed by atoms with Crippen LogP contribution in [0.25, 0.3) is 0 Å². The van der Waals surface area contributed by atoms with Gasteiger partial charge in [0.1, 0.15) is 0 Å². The molecule has 1 heterocycles. The number of aromatic nitrogens is 4. The van der Waals surface area contributed by atoms with Crippen LogP contribution in [-0.4, -0.2) is 20.2 Å². The first-order chi connectivity index (χ1) is 8.20. The SMILES string of the molecule is CCn1nnc(NCc2cccc(Cl)c2Cl)n1. The molecule has 0 radical (unpaired) electrons. The second-order valence-corrected chi connectivity index (χ2v) is 4.15. The molecule has 0 saturated heterocycles. The van der Waals surface area contributed by atoms with Gasteiger partial charge in [0.25, 0.3) is 5.95 Å². The van der Waals surface area contributed by atoms with Crippen molar-refractivity contribution in [3.05, 3.63) is 33.8 Å². The highest BCUT2D eigenvalue weighted by atomic mass is 35.5. The van der Waals surface area contributed by atoms with E-state index in [2.05, 4.69) is 20.7 Å². The van der Waals surface area contributed by atoms with Crippen LogP contribution in [0.5, 0.6) is 0 Å². The second-order valence-electron chi connectivity index (χ2n) is 3.37. The summed E-state index contributed by atoms with van der Waals surface area (Å²) >= 11 is 12.0. The first-order valence-electron chi connectivity index (χ1n) is 5.15. The van der Waals surface area contributed by atoms with E-state index in [-0.39, 0.29) is 0 Å². The maximum Gasteiger partial charge on any atom is 0.263 e. The lowest BCUT2D eigenvalue weighted by Crippen LogP contribution is -2.03. The fourth-order valence-electron chi connectivity index (χ4n) is 1.31. The summed E-state index contributed by atoms with van der Waals surface area (Å²) in [5.41, 5.74) is 0.895. The minimum absolute atomic E-state index is 0.475. The number of nitrogens with one attached hydrogen (secondary N) is 1. The van der Waals surface area contributed by atoms with Gasteiger partial charge in [0.15, 0.2) is 0 Å². The first kappa shape index (κ1) is 12.1. The Morgan fingerprint density at radius 2 is 2.18 bits per heavy atom. The third-order valence-corrected chi connectivity index (χ3v) is 3.06. The van der Waals surface area contributed by atoms with E-state index in [1.807, 2.05) is 19.1 Å².